The summed E-state index contributed by atoms with van der Waals surface area (Å²) in [7, 11) is 0. The minimum Gasteiger partial charge on any atom is -0.494 e. The Bertz CT molecular complexity index is 973. The first-order valence-electron chi connectivity index (χ1n) is 11.1. The number of anilines is 2. The number of para-hydroxylation sites is 2. The van der Waals surface area contributed by atoms with Gasteiger partial charge in [0, 0.05) is 11.8 Å². The molecular weight excluding hydrogens is 400 g/mol. The van der Waals surface area contributed by atoms with E-state index in [-0.39, 0.29) is 12.5 Å². The lowest BCUT2D eigenvalue weighted by Crippen LogP contribution is -2.22. The van der Waals surface area contributed by atoms with E-state index in [1.54, 1.807) is 0 Å². The lowest BCUT2D eigenvalue weighted by molar-refractivity contribution is -0.114. The van der Waals surface area contributed by atoms with Crippen LogP contribution in [0.2, 0.25) is 0 Å². The van der Waals surface area contributed by atoms with Crippen molar-refractivity contribution in [3.8, 4) is 11.5 Å². The zero-order valence-electron chi connectivity index (χ0n) is 18.8. The number of aryl methyl sites for hydroxylation is 1. The molecule has 3 rings (SSSR count). The van der Waals surface area contributed by atoms with Crippen LogP contribution in [0.4, 0.5) is 11.4 Å². The van der Waals surface area contributed by atoms with Gasteiger partial charge in [-0.25, -0.2) is 0 Å². The van der Waals surface area contributed by atoms with Gasteiger partial charge in [-0.1, -0.05) is 62.4 Å². The predicted octanol–water partition coefficient (Wildman–Crippen LogP) is 5.78. The monoisotopic (exact) mass is 432 g/mol. The van der Waals surface area contributed by atoms with Crippen molar-refractivity contribution in [3.63, 3.8) is 0 Å². The van der Waals surface area contributed by atoms with Gasteiger partial charge in [-0.05, 0) is 48.6 Å². The van der Waals surface area contributed by atoms with Gasteiger partial charge in [-0.15, -0.1) is 0 Å². The number of hydrogen-bond acceptors (Lipinski definition) is 4. The molecule has 0 unspecified atom stereocenters. The molecule has 1 amide bonds. The molecule has 0 radical (unpaired) electrons. The lowest BCUT2D eigenvalue weighted by Gasteiger charge is -2.14. The molecule has 3 aromatic carbocycles. The van der Waals surface area contributed by atoms with Gasteiger partial charge in [-0.3, -0.25) is 4.79 Å². The topological polar surface area (TPSA) is 59.6 Å². The summed E-state index contributed by atoms with van der Waals surface area (Å²) in [5, 5.41) is 6.08. The van der Waals surface area contributed by atoms with E-state index in [0.717, 1.165) is 30.0 Å². The molecule has 0 aromatic heterocycles. The highest BCUT2D eigenvalue weighted by molar-refractivity contribution is 5.94. The molecule has 0 aliphatic carbocycles. The van der Waals surface area contributed by atoms with E-state index in [4.69, 9.17) is 9.47 Å². The van der Waals surface area contributed by atoms with Crippen molar-refractivity contribution in [1.82, 2.24) is 0 Å². The minimum atomic E-state index is -0.134. The molecule has 0 saturated heterocycles. The summed E-state index contributed by atoms with van der Waals surface area (Å²) in [6.45, 7) is 5.60. The summed E-state index contributed by atoms with van der Waals surface area (Å²) in [5.41, 5.74) is 2.82. The van der Waals surface area contributed by atoms with Crippen LogP contribution in [0.3, 0.4) is 0 Å². The number of nitrogens with one attached hydrogen (secondary N) is 2. The van der Waals surface area contributed by atoms with Gasteiger partial charge in [0.1, 0.15) is 11.5 Å². The summed E-state index contributed by atoms with van der Waals surface area (Å²) in [4.78, 5) is 12.4. The molecule has 0 bridgehead atoms. The van der Waals surface area contributed by atoms with Crippen LogP contribution in [0.25, 0.3) is 0 Å². The third-order valence-corrected chi connectivity index (χ3v) is 4.74. The van der Waals surface area contributed by atoms with Gasteiger partial charge in [-0.2, -0.15) is 0 Å². The smallest absolute Gasteiger partial charge is 0.243 e. The summed E-state index contributed by atoms with van der Waals surface area (Å²) < 4.78 is 11.7. The molecule has 168 valence electrons. The zero-order chi connectivity index (χ0) is 22.6. The largest absolute Gasteiger partial charge is 0.494 e. The highest BCUT2D eigenvalue weighted by Crippen LogP contribution is 2.24. The Morgan fingerprint density at radius 1 is 0.906 bits per heavy atom. The lowest BCUT2D eigenvalue weighted by atomic mass is 10.1. The van der Waals surface area contributed by atoms with E-state index < -0.39 is 0 Å². The van der Waals surface area contributed by atoms with Crippen LogP contribution in [-0.2, 0) is 11.2 Å². The van der Waals surface area contributed by atoms with Crippen LogP contribution in [0.15, 0.2) is 78.9 Å². The van der Waals surface area contributed by atoms with Crippen LogP contribution < -0.4 is 20.1 Å². The Morgan fingerprint density at radius 3 is 2.50 bits per heavy atom. The minimum absolute atomic E-state index is 0.134. The number of carbonyl (C=O) groups excluding carboxylic acids is 1. The van der Waals surface area contributed by atoms with Gasteiger partial charge in [0.2, 0.25) is 5.91 Å². The van der Waals surface area contributed by atoms with Crippen LogP contribution in [0.5, 0.6) is 11.5 Å². The second kappa shape index (κ2) is 12.4. The predicted molar refractivity (Wildman–Crippen MR) is 131 cm³/mol. The normalized spacial score (nSPS) is 10.6. The standard InChI is InChI=1S/C27H32N2O3/c1-21(2)20-32-26-16-7-6-15-25(26)28-19-27(30)29-23-13-8-14-24(18-23)31-17-9-12-22-10-4-3-5-11-22/h3-8,10-11,13-16,18,21,28H,9,12,17,19-20H2,1-2H3,(H,29,30). The van der Waals surface area contributed by atoms with E-state index in [0.29, 0.717) is 24.8 Å². The first kappa shape index (κ1) is 23.2. The maximum Gasteiger partial charge on any atom is 0.243 e. The fourth-order valence-electron chi connectivity index (χ4n) is 3.15. The van der Waals surface area contributed by atoms with Crippen molar-refractivity contribution >= 4 is 17.3 Å². The summed E-state index contributed by atoms with van der Waals surface area (Å²) in [5.74, 6) is 1.79. The van der Waals surface area contributed by atoms with Crippen LogP contribution >= 0.6 is 0 Å². The number of rotatable bonds is 12. The maximum absolute atomic E-state index is 12.4. The number of amides is 1. The molecule has 0 aliphatic rings. The van der Waals surface area contributed by atoms with Crippen molar-refractivity contribution in [2.75, 3.05) is 30.4 Å². The zero-order valence-corrected chi connectivity index (χ0v) is 18.8. The third kappa shape index (κ3) is 7.99. The summed E-state index contributed by atoms with van der Waals surface area (Å²) in [6.07, 6.45) is 1.91. The van der Waals surface area contributed by atoms with Crippen LogP contribution in [0, 0.1) is 5.92 Å². The highest BCUT2D eigenvalue weighted by Gasteiger charge is 2.08. The van der Waals surface area contributed by atoms with Crippen LogP contribution in [0.1, 0.15) is 25.8 Å². The summed E-state index contributed by atoms with van der Waals surface area (Å²) >= 11 is 0. The fourth-order valence-corrected chi connectivity index (χ4v) is 3.15. The third-order valence-electron chi connectivity index (χ3n) is 4.74. The van der Waals surface area contributed by atoms with Crippen molar-refractivity contribution in [3.05, 3.63) is 84.4 Å². The molecule has 0 atom stereocenters. The van der Waals surface area contributed by atoms with Crippen molar-refractivity contribution in [2.24, 2.45) is 5.92 Å². The summed E-state index contributed by atoms with van der Waals surface area (Å²) in [6, 6.07) is 25.5. The highest BCUT2D eigenvalue weighted by atomic mass is 16.5. The maximum atomic E-state index is 12.4. The van der Waals surface area contributed by atoms with Gasteiger partial charge < -0.3 is 20.1 Å². The van der Waals surface area contributed by atoms with Gasteiger partial charge in [0.15, 0.2) is 0 Å². The number of carbonyl (C=O) groups is 1. The Balaban J connectivity index is 1.44. The van der Waals surface area contributed by atoms with E-state index in [2.05, 4.69) is 48.7 Å². The quantitative estimate of drug-likeness (QED) is 0.356. The van der Waals surface area contributed by atoms with E-state index in [9.17, 15) is 4.79 Å². The number of ether oxygens (including phenoxy) is 2. The van der Waals surface area contributed by atoms with Gasteiger partial charge >= 0.3 is 0 Å². The second-order valence-electron chi connectivity index (χ2n) is 8.07. The SMILES string of the molecule is CC(C)COc1ccccc1NCC(=O)Nc1cccc(OCCCc2ccccc2)c1. The first-order chi connectivity index (χ1) is 15.6. The Hall–Kier alpha value is -3.47. The molecule has 32 heavy (non-hydrogen) atoms. The molecule has 0 aliphatic heterocycles. The molecule has 0 fully saturated rings. The van der Waals surface area contributed by atoms with E-state index in [1.807, 2.05) is 54.6 Å². The second-order valence-corrected chi connectivity index (χ2v) is 8.07. The Labute approximate surface area is 190 Å². The molecule has 2 N–H and O–H groups in total. The molecule has 0 heterocycles. The molecular formula is C27H32N2O3. The van der Waals surface area contributed by atoms with Gasteiger partial charge in [0.25, 0.3) is 0 Å². The van der Waals surface area contributed by atoms with E-state index >= 15 is 0 Å². The molecule has 5 nitrogen and oxygen atoms in total. The molecule has 5 heteroatoms. The van der Waals surface area contributed by atoms with Crippen molar-refractivity contribution < 1.29 is 14.3 Å². The average molecular weight is 433 g/mol. The Morgan fingerprint density at radius 2 is 1.69 bits per heavy atom. The number of benzene rings is 3. The first-order valence-corrected chi connectivity index (χ1v) is 11.1. The molecule has 3 aromatic rings. The number of hydrogen-bond donors (Lipinski definition) is 2. The fraction of sp³-hybridized carbons (Fsp3) is 0.296. The Kier molecular flexibility index (Phi) is 8.99. The molecule has 0 spiro atoms. The van der Waals surface area contributed by atoms with Crippen molar-refractivity contribution in [2.45, 2.75) is 26.7 Å². The average Bonchev–Trinajstić information content (AvgIpc) is 2.80. The van der Waals surface area contributed by atoms with Crippen LogP contribution in [-0.4, -0.2) is 25.7 Å². The molecule has 0 saturated carbocycles. The van der Waals surface area contributed by atoms with Crippen molar-refractivity contribution in [1.29, 1.82) is 0 Å². The van der Waals surface area contributed by atoms with Gasteiger partial charge in [0.05, 0.1) is 25.4 Å². The van der Waals surface area contributed by atoms with E-state index in [1.165, 1.54) is 5.56 Å².